The second kappa shape index (κ2) is 8.29. The van der Waals surface area contributed by atoms with Crippen molar-refractivity contribution >= 4 is 5.91 Å². The lowest BCUT2D eigenvalue weighted by Gasteiger charge is -2.34. The van der Waals surface area contributed by atoms with E-state index in [1.807, 2.05) is 53.4 Å². The summed E-state index contributed by atoms with van der Waals surface area (Å²) >= 11 is 0. The predicted molar refractivity (Wildman–Crippen MR) is 111 cm³/mol. The van der Waals surface area contributed by atoms with Gasteiger partial charge < -0.3 is 23.6 Å². The number of hydrogen-bond donors (Lipinski definition) is 0. The molecule has 0 spiro atoms. The Kier molecular flexibility index (Phi) is 5.19. The smallest absolute Gasteiger partial charge is 0.267 e. The minimum absolute atomic E-state index is 0.0456. The molecular formula is C23H23N3O5. The van der Waals surface area contributed by atoms with Gasteiger partial charge in [-0.1, -0.05) is 29.4 Å². The lowest BCUT2D eigenvalue weighted by molar-refractivity contribution is -0.142. The average Bonchev–Trinajstić information content (AvgIpc) is 3.33. The van der Waals surface area contributed by atoms with Gasteiger partial charge in [0.15, 0.2) is 17.3 Å². The van der Waals surface area contributed by atoms with Gasteiger partial charge in [0.25, 0.3) is 11.8 Å². The van der Waals surface area contributed by atoms with Crippen LogP contribution in [0.1, 0.15) is 24.6 Å². The van der Waals surface area contributed by atoms with Gasteiger partial charge in [0.2, 0.25) is 6.10 Å². The lowest BCUT2D eigenvalue weighted by atomic mass is 9.96. The van der Waals surface area contributed by atoms with E-state index in [0.717, 1.165) is 18.4 Å². The number of aromatic nitrogens is 2. The van der Waals surface area contributed by atoms with Crippen LogP contribution >= 0.6 is 0 Å². The first-order valence-corrected chi connectivity index (χ1v) is 10.4. The summed E-state index contributed by atoms with van der Waals surface area (Å²) in [5, 5.41) is 4.19. The SMILES string of the molecule is COc1ccccc1-c1nc(C2CCN(C(=O)C3COc4ccccc4O3)CC2)no1. The molecule has 2 aromatic carbocycles. The summed E-state index contributed by atoms with van der Waals surface area (Å²) in [6.07, 6.45) is 0.912. The first-order chi connectivity index (χ1) is 15.2. The molecule has 0 radical (unpaired) electrons. The van der Waals surface area contributed by atoms with E-state index in [4.69, 9.17) is 18.7 Å². The molecule has 2 aliphatic heterocycles. The van der Waals surface area contributed by atoms with Crippen molar-refractivity contribution in [1.29, 1.82) is 0 Å². The highest BCUT2D eigenvalue weighted by molar-refractivity contribution is 5.82. The maximum atomic E-state index is 12.9. The number of piperidine rings is 1. The molecule has 1 amide bonds. The Morgan fingerprint density at radius 3 is 2.61 bits per heavy atom. The molecule has 1 unspecified atom stereocenters. The molecule has 31 heavy (non-hydrogen) atoms. The molecule has 8 nitrogen and oxygen atoms in total. The third-order valence-electron chi connectivity index (χ3n) is 5.73. The Morgan fingerprint density at radius 1 is 1.06 bits per heavy atom. The van der Waals surface area contributed by atoms with Crippen LogP contribution < -0.4 is 14.2 Å². The standard InChI is InChI=1S/C23H23N3O5/c1-28-17-7-3-2-6-16(17)22-24-21(25-31-22)15-10-12-26(13-11-15)23(27)20-14-29-18-8-4-5-9-19(18)30-20/h2-9,15,20H,10-14H2,1H3. The first kappa shape index (κ1) is 19.4. The quantitative estimate of drug-likeness (QED) is 0.639. The van der Waals surface area contributed by atoms with E-state index in [0.29, 0.717) is 42.1 Å². The van der Waals surface area contributed by atoms with Gasteiger partial charge in [0.05, 0.1) is 12.7 Å². The Bertz CT molecular complexity index is 1070. The fourth-order valence-corrected chi connectivity index (χ4v) is 4.03. The number of rotatable bonds is 4. The molecule has 3 aromatic rings. The van der Waals surface area contributed by atoms with Crippen molar-refractivity contribution < 1.29 is 23.5 Å². The summed E-state index contributed by atoms with van der Waals surface area (Å²) in [5.41, 5.74) is 0.770. The molecule has 0 aliphatic carbocycles. The van der Waals surface area contributed by atoms with Crippen LogP contribution in [0.25, 0.3) is 11.5 Å². The van der Waals surface area contributed by atoms with Crippen LogP contribution in [0, 0.1) is 0 Å². The van der Waals surface area contributed by atoms with E-state index >= 15 is 0 Å². The van der Waals surface area contributed by atoms with Gasteiger partial charge in [0.1, 0.15) is 12.4 Å². The van der Waals surface area contributed by atoms with Crippen molar-refractivity contribution in [2.45, 2.75) is 24.9 Å². The number of carbonyl (C=O) groups excluding carboxylic acids is 1. The van der Waals surface area contributed by atoms with Gasteiger partial charge in [-0.3, -0.25) is 4.79 Å². The van der Waals surface area contributed by atoms with Crippen LogP contribution in [-0.4, -0.2) is 53.9 Å². The summed E-state index contributed by atoms with van der Waals surface area (Å²) in [7, 11) is 1.61. The number of hydrogen-bond acceptors (Lipinski definition) is 7. The van der Waals surface area contributed by atoms with Crippen LogP contribution in [0.5, 0.6) is 17.2 Å². The number of benzene rings is 2. The molecule has 1 atom stereocenters. The summed E-state index contributed by atoms with van der Waals surface area (Å²) < 4.78 is 22.4. The monoisotopic (exact) mass is 421 g/mol. The largest absolute Gasteiger partial charge is 0.496 e. The number of likely N-dealkylation sites (tertiary alicyclic amines) is 1. The number of carbonyl (C=O) groups is 1. The Hall–Kier alpha value is -3.55. The predicted octanol–water partition coefficient (Wildman–Crippen LogP) is 3.29. The second-order valence-corrected chi connectivity index (χ2v) is 7.62. The molecule has 0 N–H and O–H groups in total. The highest BCUT2D eigenvalue weighted by Gasteiger charge is 2.34. The summed E-state index contributed by atoms with van der Waals surface area (Å²) in [6.45, 7) is 1.45. The van der Waals surface area contributed by atoms with Gasteiger partial charge in [-0.2, -0.15) is 4.98 Å². The minimum atomic E-state index is -0.617. The average molecular weight is 421 g/mol. The van der Waals surface area contributed by atoms with Crippen LogP contribution in [0.2, 0.25) is 0 Å². The Balaban J connectivity index is 1.21. The van der Waals surface area contributed by atoms with Crippen LogP contribution in [0.15, 0.2) is 53.1 Å². The molecule has 0 bridgehead atoms. The van der Waals surface area contributed by atoms with E-state index < -0.39 is 6.10 Å². The second-order valence-electron chi connectivity index (χ2n) is 7.62. The third-order valence-corrected chi connectivity index (χ3v) is 5.73. The number of amides is 1. The van der Waals surface area contributed by atoms with E-state index in [2.05, 4.69) is 10.1 Å². The molecule has 1 aromatic heterocycles. The molecule has 160 valence electrons. The van der Waals surface area contributed by atoms with E-state index in [1.165, 1.54) is 0 Å². The van der Waals surface area contributed by atoms with E-state index in [1.54, 1.807) is 7.11 Å². The number of para-hydroxylation sites is 3. The normalized spacial score (nSPS) is 18.6. The van der Waals surface area contributed by atoms with Crippen molar-refractivity contribution in [1.82, 2.24) is 15.0 Å². The maximum absolute atomic E-state index is 12.9. The third kappa shape index (κ3) is 3.81. The van der Waals surface area contributed by atoms with Gasteiger partial charge in [0, 0.05) is 19.0 Å². The van der Waals surface area contributed by atoms with Crippen molar-refractivity contribution in [3.63, 3.8) is 0 Å². The summed E-state index contributed by atoms with van der Waals surface area (Å²) in [5.74, 6) is 3.17. The van der Waals surface area contributed by atoms with Crippen molar-refractivity contribution in [3.05, 3.63) is 54.4 Å². The lowest BCUT2D eigenvalue weighted by Crippen LogP contribution is -2.48. The molecule has 0 saturated carbocycles. The van der Waals surface area contributed by atoms with E-state index in [-0.39, 0.29) is 18.4 Å². The van der Waals surface area contributed by atoms with E-state index in [9.17, 15) is 4.79 Å². The van der Waals surface area contributed by atoms with Crippen molar-refractivity contribution in [3.8, 4) is 28.7 Å². The Labute approximate surface area is 179 Å². The number of ether oxygens (including phenoxy) is 3. The minimum Gasteiger partial charge on any atom is -0.496 e. The zero-order valence-electron chi connectivity index (χ0n) is 17.2. The first-order valence-electron chi connectivity index (χ1n) is 10.4. The molecule has 2 aliphatic rings. The zero-order valence-corrected chi connectivity index (χ0v) is 17.2. The topological polar surface area (TPSA) is 86.9 Å². The molecular weight excluding hydrogens is 398 g/mol. The summed E-state index contributed by atoms with van der Waals surface area (Å²) in [4.78, 5) is 19.3. The zero-order chi connectivity index (χ0) is 21.2. The number of methoxy groups -OCH3 is 1. The molecule has 1 fully saturated rings. The molecule has 3 heterocycles. The highest BCUT2D eigenvalue weighted by Crippen LogP contribution is 2.34. The fraction of sp³-hybridized carbons (Fsp3) is 0.348. The van der Waals surface area contributed by atoms with Gasteiger partial charge in [-0.05, 0) is 37.1 Å². The van der Waals surface area contributed by atoms with Crippen LogP contribution in [0.3, 0.4) is 0 Å². The van der Waals surface area contributed by atoms with Gasteiger partial charge >= 0.3 is 0 Å². The fourth-order valence-electron chi connectivity index (χ4n) is 4.03. The van der Waals surface area contributed by atoms with Crippen LogP contribution in [0.4, 0.5) is 0 Å². The van der Waals surface area contributed by atoms with Gasteiger partial charge in [-0.25, -0.2) is 0 Å². The Morgan fingerprint density at radius 2 is 1.81 bits per heavy atom. The van der Waals surface area contributed by atoms with Crippen LogP contribution in [-0.2, 0) is 4.79 Å². The molecule has 5 rings (SSSR count). The number of nitrogens with zero attached hydrogens (tertiary/aromatic N) is 3. The molecule has 8 heteroatoms. The van der Waals surface area contributed by atoms with Gasteiger partial charge in [-0.15, -0.1) is 0 Å². The number of fused-ring (bicyclic) bond motifs is 1. The maximum Gasteiger partial charge on any atom is 0.267 e. The summed E-state index contributed by atoms with van der Waals surface area (Å²) in [6, 6.07) is 15.0. The highest BCUT2D eigenvalue weighted by atomic mass is 16.6. The van der Waals surface area contributed by atoms with Crippen molar-refractivity contribution in [2.75, 3.05) is 26.8 Å². The van der Waals surface area contributed by atoms with Crippen molar-refractivity contribution in [2.24, 2.45) is 0 Å². The molecule has 1 saturated heterocycles.